The van der Waals surface area contributed by atoms with Crippen molar-refractivity contribution in [2.75, 3.05) is 17.2 Å². The second-order valence-corrected chi connectivity index (χ2v) is 5.39. The van der Waals surface area contributed by atoms with E-state index in [0.29, 0.717) is 12.5 Å². The number of hydrogen-bond donors (Lipinski definition) is 2. The molecule has 0 saturated heterocycles. The molecule has 6 heteroatoms. The van der Waals surface area contributed by atoms with Crippen LogP contribution in [0, 0.1) is 0 Å². The van der Waals surface area contributed by atoms with Crippen molar-refractivity contribution in [3.8, 4) is 0 Å². The Hall–Kier alpha value is -2.11. The third-order valence-electron chi connectivity index (χ3n) is 3.16. The van der Waals surface area contributed by atoms with Crippen LogP contribution in [0.3, 0.4) is 0 Å². The molecule has 0 unspecified atom stereocenters. The van der Waals surface area contributed by atoms with Gasteiger partial charge < -0.3 is 15.2 Å². The molecule has 0 aliphatic heterocycles. The van der Waals surface area contributed by atoms with Gasteiger partial charge in [0.25, 0.3) is 0 Å². The zero-order valence-electron chi connectivity index (χ0n) is 13.2. The summed E-state index contributed by atoms with van der Waals surface area (Å²) in [4.78, 5) is 13.4. The topological polar surface area (TPSA) is 67.7 Å². The molecule has 2 aromatic heterocycles. The van der Waals surface area contributed by atoms with Gasteiger partial charge in [-0.15, -0.1) is 0 Å². The van der Waals surface area contributed by atoms with Crippen LogP contribution < -0.4 is 10.6 Å². The van der Waals surface area contributed by atoms with Crippen molar-refractivity contribution in [1.29, 1.82) is 0 Å². The van der Waals surface area contributed by atoms with Gasteiger partial charge in [-0.3, -0.25) is 0 Å². The van der Waals surface area contributed by atoms with Crippen LogP contribution in [0.25, 0.3) is 0 Å². The first-order chi connectivity index (χ1) is 10.1. The molecule has 2 aromatic rings. The summed E-state index contributed by atoms with van der Waals surface area (Å²) in [5.41, 5.74) is 0. The zero-order valence-corrected chi connectivity index (χ0v) is 13.2. The average Bonchev–Trinajstić information content (AvgIpc) is 2.88. The molecule has 0 spiro atoms. The lowest BCUT2D eigenvalue weighted by Gasteiger charge is -2.12. The third kappa shape index (κ3) is 4.18. The van der Waals surface area contributed by atoms with Crippen LogP contribution in [-0.4, -0.2) is 26.1 Å². The summed E-state index contributed by atoms with van der Waals surface area (Å²) in [6.45, 7) is 7.89. The lowest BCUT2D eigenvalue weighted by molar-refractivity contribution is 0.769. The van der Waals surface area contributed by atoms with Gasteiger partial charge in [0.2, 0.25) is 0 Å². The first kappa shape index (κ1) is 15.3. The minimum Gasteiger partial charge on any atom is -0.370 e. The monoisotopic (exact) mass is 288 g/mol. The normalized spacial score (nSPS) is 10.9. The van der Waals surface area contributed by atoms with E-state index in [1.807, 2.05) is 23.9 Å². The minimum atomic E-state index is 0.294. The van der Waals surface area contributed by atoms with Crippen LogP contribution in [-0.2, 0) is 13.6 Å². The molecule has 21 heavy (non-hydrogen) atoms. The van der Waals surface area contributed by atoms with E-state index in [0.717, 1.165) is 36.3 Å². The largest absolute Gasteiger partial charge is 0.370 e. The van der Waals surface area contributed by atoms with Crippen LogP contribution in [0.5, 0.6) is 0 Å². The van der Waals surface area contributed by atoms with Crippen molar-refractivity contribution < 1.29 is 0 Å². The minimum absolute atomic E-state index is 0.294. The fourth-order valence-electron chi connectivity index (χ4n) is 1.89. The van der Waals surface area contributed by atoms with Crippen LogP contribution in [0.15, 0.2) is 18.5 Å². The van der Waals surface area contributed by atoms with E-state index in [1.165, 1.54) is 0 Å². The van der Waals surface area contributed by atoms with Gasteiger partial charge in [0, 0.05) is 38.0 Å². The molecule has 114 valence electrons. The Bertz CT molecular complexity index is 575. The number of imidazole rings is 1. The van der Waals surface area contributed by atoms with E-state index in [4.69, 9.17) is 0 Å². The standard InChI is InChI=1S/C15H24N6/c1-5-6-16-12-9-13(20-15(19-12)11(2)3)18-10-14-17-7-8-21(14)4/h7-9,11H,5-6,10H2,1-4H3,(H2,16,18,19,20). The summed E-state index contributed by atoms with van der Waals surface area (Å²) in [6, 6.07) is 1.95. The van der Waals surface area contributed by atoms with Gasteiger partial charge in [-0.05, 0) is 6.42 Å². The number of hydrogen-bond acceptors (Lipinski definition) is 5. The predicted octanol–water partition coefficient (Wildman–Crippen LogP) is 2.77. The van der Waals surface area contributed by atoms with Gasteiger partial charge >= 0.3 is 0 Å². The van der Waals surface area contributed by atoms with Gasteiger partial charge in [-0.25, -0.2) is 15.0 Å². The Labute approximate surface area is 126 Å². The van der Waals surface area contributed by atoms with Crippen LogP contribution in [0.1, 0.15) is 44.8 Å². The SMILES string of the molecule is CCCNc1cc(NCc2nccn2C)nc(C(C)C)n1. The Kier molecular flexibility index (Phi) is 5.14. The second-order valence-electron chi connectivity index (χ2n) is 5.39. The summed E-state index contributed by atoms with van der Waals surface area (Å²) in [5.74, 6) is 3.82. The second kappa shape index (κ2) is 7.06. The Morgan fingerprint density at radius 3 is 2.48 bits per heavy atom. The summed E-state index contributed by atoms with van der Waals surface area (Å²) in [5, 5.41) is 6.65. The summed E-state index contributed by atoms with van der Waals surface area (Å²) in [7, 11) is 1.98. The van der Waals surface area contributed by atoms with Crippen molar-refractivity contribution in [3.05, 3.63) is 30.1 Å². The molecule has 0 amide bonds. The summed E-state index contributed by atoms with van der Waals surface area (Å²) in [6.07, 6.45) is 4.80. The van der Waals surface area contributed by atoms with Crippen LogP contribution in [0.4, 0.5) is 11.6 Å². The maximum atomic E-state index is 4.57. The molecule has 0 fully saturated rings. The van der Waals surface area contributed by atoms with E-state index in [2.05, 4.69) is 46.4 Å². The van der Waals surface area contributed by atoms with E-state index >= 15 is 0 Å². The van der Waals surface area contributed by atoms with Crippen LogP contribution >= 0.6 is 0 Å². The first-order valence-electron chi connectivity index (χ1n) is 7.43. The number of nitrogens with one attached hydrogen (secondary N) is 2. The molecule has 0 radical (unpaired) electrons. The maximum absolute atomic E-state index is 4.57. The fraction of sp³-hybridized carbons (Fsp3) is 0.533. The molecule has 0 saturated carbocycles. The molecule has 2 rings (SSSR count). The number of aryl methyl sites for hydroxylation is 1. The highest BCUT2D eigenvalue weighted by Crippen LogP contribution is 2.17. The summed E-state index contributed by atoms with van der Waals surface area (Å²) < 4.78 is 1.99. The molecule has 0 aliphatic rings. The molecular formula is C15H24N6. The predicted molar refractivity (Wildman–Crippen MR) is 85.4 cm³/mol. The lowest BCUT2D eigenvalue weighted by atomic mass is 10.2. The van der Waals surface area contributed by atoms with E-state index in [1.54, 1.807) is 6.20 Å². The van der Waals surface area contributed by atoms with Gasteiger partial charge in [-0.1, -0.05) is 20.8 Å². The lowest BCUT2D eigenvalue weighted by Crippen LogP contribution is -2.11. The third-order valence-corrected chi connectivity index (χ3v) is 3.16. The highest BCUT2D eigenvalue weighted by molar-refractivity contribution is 5.47. The molecule has 0 bridgehead atoms. The highest BCUT2D eigenvalue weighted by Gasteiger charge is 2.08. The van der Waals surface area contributed by atoms with Crippen molar-refractivity contribution in [2.45, 2.75) is 39.7 Å². The smallest absolute Gasteiger partial charge is 0.135 e. The van der Waals surface area contributed by atoms with E-state index in [-0.39, 0.29) is 0 Å². The van der Waals surface area contributed by atoms with Crippen molar-refractivity contribution >= 4 is 11.6 Å². The Morgan fingerprint density at radius 1 is 1.19 bits per heavy atom. The molecule has 6 nitrogen and oxygen atoms in total. The summed E-state index contributed by atoms with van der Waals surface area (Å²) >= 11 is 0. The number of nitrogens with zero attached hydrogens (tertiary/aromatic N) is 4. The van der Waals surface area contributed by atoms with Crippen LogP contribution in [0.2, 0.25) is 0 Å². The molecule has 2 heterocycles. The van der Waals surface area contributed by atoms with Crippen molar-refractivity contribution in [2.24, 2.45) is 7.05 Å². The van der Waals surface area contributed by atoms with Gasteiger partial charge in [0.15, 0.2) is 0 Å². The Morgan fingerprint density at radius 2 is 1.90 bits per heavy atom. The molecule has 0 aliphatic carbocycles. The van der Waals surface area contributed by atoms with Crippen molar-refractivity contribution in [3.63, 3.8) is 0 Å². The number of rotatable bonds is 7. The number of anilines is 2. The Balaban J connectivity index is 2.13. The molecule has 0 aromatic carbocycles. The van der Waals surface area contributed by atoms with Crippen molar-refractivity contribution in [1.82, 2.24) is 19.5 Å². The molecule has 0 atom stereocenters. The van der Waals surface area contributed by atoms with Gasteiger partial charge in [-0.2, -0.15) is 0 Å². The van der Waals surface area contributed by atoms with E-state index in [9.17, 15) is 0 Å². The first-order valence-corrected chi connectivity index (χ1v) is 7.43. The van der Waals surface area contributed by atoms with Gasteiger partial charge in [0.1, 0.15) is 23.3 Å². The number of aromatic nitrogens is 4. The fourth-order valence-corrected chi connectivity index (χ4v) is 1.89. The molecular weight excluding hydrogens is 264 g/mol. The average molecular weight is 288 g/mol. The van der Waals surface area contributed by atoms with E-state index < -0.39 is 0 Å². The highest BCUT2D eigenvalue weighted by atomic mass is 15.1. The quantitative estimate of drug-likeness (QED) is 0.820. The zero-order chi connectivity index (χ0) is 15.2. The molecule has 2 N–H and O–H groups in total. The maximum Gasteiger partial charge on any atom is 0.135 e. The van der Waals surface area contributed by atoms with Gasteiger partial charge in [0.05, 0.1) is 6.54 Å².